The van der Waals surface area contributed by atoms with Gasteiger partial charge in [0.05, 0.1) is 18.1 Å². The summed E-state index contributed by atoms with van der Waals surface area (Å²) in [4.78, 5) is 30.8. The molecule has 8 heteroatoms. The summed E-state index contributed by atoms with van der Waals surface area (Å²) in [6.45, 7) is 5.68. The Kier molecular flexibility index (Phi) is 7.85. The van der Waals surface area contributed by atoms with Crippen LogP contribution < -0.4 is 0 Å². The SMILES string of the molecule is CC(C)(C)c1ccc(-c2ccc3nccc(C(=O)CCC(=O)N4CC(F)(F)C[C@H]4C#N)c3c2)cc1.S. The molecule has 0 radical (unpaired) electrons. The second-order valence-electron chi connectivity index (χ2n) is 10.1. The number of likely N-dealkylation sites (tertiary alicyclic amines) is 1. The first-order chi connectivity index (χ1) is 16.5. The van der Waals surface area contributed by atoms with E-state index in [1.54, 1.807) is 18.3 Å². The van der Waals surface area contributed by atoms with Gasteiger partial charge in [-0.05, 0) is 40.3 Å². The molecule has 3 aromatic rings. The molecule has 1 aliphatic rings. The van der Waals surface area contributed by atoms with Gasteiger partial charge in [0.2, 0.25) is 5.91 Å². The van der Waals surface area contributed by atoms with E-state index in [1.807, 2.05) is 18.2 Å². The minimum atomic E-state index is -3.08. The normalized spacial score (nSPS) is 16.9. The molecule has 0 bridgehead atoms. The number of amides is 1. The second-order valence-corrected chi connectivity index (χ2v) is 10.1. The van der Waals surface area contributed by atoms with Gasteiger partial charge in [-0.25, -0.2) is 8.78 Å². The van der Waals surface area contributed by atoms with Crippen molar-refractivity contribution in [2.75, 3.05) is 6.54 Å². The monoisotopic (exact) mass is 509 g/mol. The highest BCUT2D eigenvalue weighted by atomic mass is 32.1. The van der Waals surface area contributed by atoms with Crippen LogP contribution in [0.1, 0.15) is 56.0 Å². The quantitative estimate of drug-likeness (QED) is 0.393. The number of aromatic nitrogens is 1. The number of pyridine rings is 1. The van der Waals surface area contributed by atoms with Crippen molar-refractivity contribution in [2.45, 2.75) is 57.4 Å². The molecule has 1 atom stereocenters. The van der Waals surface area contributed by atoms with Crippen LogP contribution in [0, 0.1) is 11.3 Å². The number of nitriles is 1. The average Bonchev–Trinajstić information content (AvgIpc) is 3.15. The Hall–Kier alpha value is -3.31. The van der Waals surface area contributed by atoms with E-state index in [0.717, 1.165) is 16.0 Å². The fourth-order valence-electron chi connectivity index (χ4n) is 4.42. The summed E-state index contributed by atoms with van der Waals surface area (Å²) in [5.74, 6) is -3.96. The molecular weight excluding hydrogens is 480 g/mol. The highest BCUT2D eigenvalue weighted by Crippen LogP contribution is 2.33. The molecule has 1 saturated heterocycles. The van der Waals surface area contributed by atoms with Gasteiger partial charge in [0.15, 0.2) is 5.78 Å². The number of rotatable bonds is 5. The molecule has 36 heavy (non-hydrogen) atoms. The van der Waals surface area contributed by atoms with Gasteiger partial charge in [0, 0.05) is 36.4 Å². The molecule has 1 aromatic heterocycles. The number of ketones is 1. The first kappa shape index (κ1) is 27.3. The van der Waals surface area contributed by atoms with Gasteiger partial charge in [0.1, 0.15) is 6.04 Å². The van der Waals surface area contributed by atoms with Crippen LogP contribution in [0.15, 0.2) is 54.7 Å². The van der Waals surface area contributed by atoms with Crippen LogP contribution >= 0.6 is 13.5 Å². The van der Waals surface area contributed by atoms with Gasteiger partial charge in [-0.2, -0.15) is 18.8 Å². The topological polar surface area (TPSA) is 74.1 Å². The van der Waals surface area contributed by atoms with Crippen LogP contribution in [-0.2, 0) is 10.2 Å². The molecule has 188 valence electrons. The largest absolute Gasteiger partial charge is 0.320 e. The lowest BCUT2D eigenvalue weighted by Crippen LogP contribution is -2.36. The minimum Gasteiger partial charge on any atom is -0.320 e. The van der Waals surface area contributed by atoms with Crippen LogP contribution in [-0.4, -0.2) is 40.1 Å². The smallest absolute Gasteiger partial charge is 0.268 e. The summed E-state index contributed by atoms with van der Waals surface area (Å²) < 4.78 is 27.3. The minimum absolute atomic E-state index is 0. The van der Waals surface area contributed by atoms with E-state index in [0.29, 0.717) is 16.5 Å². The first-order valence-electron chi connectivity index (χ1n) is 11.6. The molecular formula is C28H29F2N3O2S. The Morgan fingerprint density at radius 1 is 1.08 bits per heavy atom. The van der Waals surface area contributed by atoms with Crippen molar-refractivity contribution < 1.29 is 18.4 Å². The van der Waals surface area contributed by atoms with E-state index >= 15 is 0 Å². The fraction of sp³-hybridized carbons (Fsp3) is 0.357. The standard InChI is InChI=1S/C28H27F2N3O2.H2S/c1-27(2,3)20-7-4-18(5-8-20)19-6-9-24-23(14-19)22(12-13-32-24)25(34)10-11-26(35)33-17-28(29,30)15-21(33)16-31;/h4-9,12-14,21H,10-11,15,17H2,1-3H3;1H2/t21-;/m0./s1. The number of carbonyl (C=O) groups excluding carboxylic acids is 2. The summed E-state index contributed by atoms with van der Waals surface area (Å²) >= 11 is 0. The Morgan fingerprint density at radius 3 is 2.39 bits per heavy atom. The number of halogens is 2. The van der Waals surface area contributed by atoms with Crippen LogP contribution in [0.25, 0.3) is 22.0 Å². The highest BCUT2D eigenvalue weighted by Gasteiger charge is 2.47. The van der Waals surface area contributed by atoms with E-state index in [-0.39, 0.29) is 37.5 Å². The van der Waals surface area contributed by atoms with Gasteiger partial charge < -0.3 is 4.90 Å². The molecule has 0 spiro atoms. The number of hydrogen-bond acceptors (Lipinski definition) is 4. The van der Waals surface area contributed by atoms with Crippen molar-refractivity contribution in [3.8, 4) is 17.2 Å². The second kappa shape index (κ2) is 10.4. The predicted octanol–water partition coefficient (Wildman–Crippen LogP) is 6.03. The average molecular weight is 510 g/mol. The zero-order chi connectivity index (χ0) is 25.4. The highest BCUT2D eigenvalue weighted by molar-refractivity contribution is 7.59. The number of nitrogens with zero attached hydrogens (tertiary/aromatic N) is 3. The van der Waals surface area contributed by atoms with E-state index in [4.69, 9.17) is 5.26 Å². The van der Waals surface area contributed by atoms with Crippen molar-refractivity contribution in [1.29, 1.82) is 5.26 Å². The number of fused-ring (bicyclic) bond motifs is 1. The van der Waals surface area contributed by atoms with Gasteiger partial charge >= 0.3 is 0 Å². The molecule has 0 unspecified atom stereocenters. The Morgan fingerprint density at radius 2 is 1.75 bits per heavy atom. The van der Waals surface area contributed by atoms with Crippen LogP contribution in [0.3, 0.4) is 0 Å². The summed E-state index contributed by atoms with van der Waals surface area (Å²) in [5.41, 5.74) is 4.29. The van der Waals surface area contributed by atoms with Crippen LogP contribution in [0.5, 0.6) is 0 Å². The number of hydrogen-bond donors (Lipinski definition) is 0. The van der Waals surface area contributed by atoms with E-state index in [1.165, 1.54) is 5.56 Å². The lowest BCUT2D eigenvalue weighted by atomic mass is 9.86. The maximum absolute atomic E-state index is 13.7. The maximum Gasteiger partial charge on any atom is 0.268 e. The molecule has 1 aliphatic heterocycles. The van der Waals surface area contributed by atoms with Crippen LogP contribution in [0.2, 0.25) is 0 Å². The third-order valence-corrected chi connectivity index (χ3v) is 6.43. The van der Waals surface area contributed by atoms with Gasteiger partial charge in [-0.3, -0.25) is 14.6 Å². The molecule has 1 amide bonds. The summed E-state index contributed by atoms with van der Waals surface area (Å²) in [5, 5.41) is 9.79. The molecule has 5 nitrogen and oxygen atoms in total. The molecule has 4 rings (SSSR count). The number of benzene rings is 2. The van der Waals surface area contributed by atoms with Gasteiger partial charge in [-0.15, -0.1) is 0 Å². The van der Waals surface area contributed by atoms with E-state index < -0.39 is 30.8 Å². The van der Waals surface area contributed by atoms with Crippen LogP contribution in [0.4, 0.5) is 8.78 Å². The van der Waals surface area contributed by atoms with E-state index in [2.05, 4.69) is 50.0 Å². The molecule has 1 fully saturated rings. The maximum atomic E-state index is 13.7. The third-order valence-electron chi connectivity index (χ3n) is 6.43. The zero-order valence-corrected chi connectivity index (χ0v) is 21.5. The van der Waals surface area contributed by atoms with E-state index in [9.17, 15) is 18.4 Å². The van der Waals surface area contributed by atoms with Crippen molar-refractivity contribution >= 4 is 36.1 Å². The van der Waals surface area contributed by atoms with Gasteiger partial charge in [-0.1, -0.05) is 51.1 Å². The molecule has 0 N–H and O–H groups in total. The molecule has 0 saturated carbocycles. The molecule has 2 aromatic carbocycles. The summed E-state index contributed by atoms with van der Waals surface area (Å²) in [6, 6.07) is 16.2. The Bertz CT molecular complexity index is 1330. The lowest BCUT2D eigenvalue weighted by molar-refractivity contribution is -0.132. The summed E-state index contributed by atoms with van der Waals surface area (Å²) in [7, 11) is 0. The number of carbonyl (C=O) groups is 2. The van der Waals surface area contributed by atoms with Crippen molar-refractivity contribution in [3.05, 3.63) is 65.9 Å². The predicted molar refractivity (Wildman–Crippen MR) is 141 cm³/mol. The molecule has 0 aliphatic carbocycles. The number of Topliss-reactive ketones (excluding diaryl/α,β-unsaturated/α-hetero) is 1. The third kappa shape index (κ3) is 5.73. The van der Waals surface area contributed by atoms with Crippen molar-refractivity contribution in [2.24, 2.45) is 0 Å². The van der Waals surface area contributed by atoms with Gasteiger partial charge in [0.25, 0.3) is 5.92 Å². The van der Waals surface area contributed by atoms with Crippen molar-refractivity contribution in [3.63, 3.8) is 0 Å². The summed E-state index contributed by atoms with van der Waals surface area (Å²) in [6.07, 6.45) is 0.507. The molecule has 2 heterocycles. The first-order valence-corrected chi connectivity index (χ1v) is 11.6. The zero-order valence-electron chi connectivity index (χ0n) is 20.5. The Labute approximate surface area is 216 Å². The number of alkyl halides is 2. The Balaban J connectivity index is 0.00000361. The fourth-order valence-corrected chi connectivity index (χ4v) is 4.42. The van der Waals surface area contributed by atoms with Crippen molar-refractivity contribution in [1.82, 2.24) is 9.88 Å². The lowest BCUT2D eigenvalue weighted by Gasteiger charge is -2.19.